The van der Waals surface area contributed by atoms with Crippen molar-refractivity contribution in [2.24, 2.45) is 0 Å². The maximum atomic E-state index is 12.2. The molecule has 0 radical (unpaired) electrons. The van der Waals surface area contributed by atoms with Gasteiger partial charge < -0.3 is 20.1 Å². The fraction of sp³-hybridized carbons (Fsp3) is 0.350. The minimum Gasteiger partial charge on any atom is -0.491 e. The highest BCUT2D eigenvalue weighted by Crippen LogP contribution is 2.29. The molecule has 1 heterocycles. The van der Waals surface area contributed by atoms with Gasteiger partial charge >= 0.3 is 0 Å². The van der Waals surface area contributed by atoms with E-state index in [-0.39, 0.29) is 30.5 Å². The summed E-state index contributed by atoms with van der Waals surface area (Å²) in [5, 5.41) is 6.09. The zero-order valence-corrected chi connectivity index (χ0v) is 15.6. The van der Waals surface area contributed by atoms with Crippen LogP contribution in [0.4, 0.5) is 0 Å². The van der Waals surface area contributed by atoms with Gasteiger partial charge in [-0.3, -0.25) is 4.79 Å². The Morgan fingerprint density at radius 1 is 1.19 bits per heavy atom. The summed E-state index contributed by atoms with van der Waals surface area (Å²) in [4.78, 5) is 12.2. The van der Waals surface area contributed by atoms with E-state index in [1.165, 1.54) is 0 Å². The average molecular weight is 377 g/mol. The van der Waals surface area contributed by atoms with Crippen molar-refractivity contribution in [1.82, 2.24) is 10.6 Å². The molecule has 2 N–H and O–H groups in total. The number of halogens is 1. The zero-order valence-electron chi connectivity index (χ0n) is 14.8. The van der Waals surface area contributed by atoms with Crippen molar-refractivity contribution in [3.8, 4) is 16.9 Å². The molecule has 140 valence electrons. The summed E-state index contributed by atoms with van der Waals surface area (Å²) in [6, 6.07) is 17.7. The second kappa shape index (κ2) is 10.2. The lowest BCUT2D eigenvalue weighted by Gasteiger charge is -2.29. The minimum absolute atomic E-state index is 0. The first kappa shape index (κ1) is 20.2. The largest absolute Gasteiger partial charge is 0.491 e. The summed E-state index contributed by atoms with van der Waals surface area (Å²) in [7, 11) is 0. The molecule has 0 aliphatic carbocycles. The predicted molar refractivity (Wildman–Crippen MR) is 105 cm³/mol. The Bertz CT molecular complexity index is 696. The van der Waals surface area contributed by atoms with Crippen LogP contribution in [0.15, 0.2) is 54.6 Å². The van der Waals surface area contributed by atoms with Gasteiger partial charge in [-0.15, -0.1) is 12.4 Å². The van der Waals surface area contributed by atoms with Crippen LogP contribution >= 0.6 is 12.4 Å². The molecule has 0 aromatic heterocycles. The summed E-state index contributed by atoms with van der Waals surface area (Å²) in [5.41, 5.74) is 2.16. The lowest BCUT2D eigenvalue weighted by Crippen LogP contribution is -2.55. The summed E-state index contributed by atoms with van der Waals surface area (Å²) in [6.07, 6.45) is -0.117. The maximum absolute atomic E-state index is 12.2. The highest BCUT2D eigenvalue weighted by Gasteiger charge is 2.27. The second-order valence-corrected chi connectivity index (χ2v) is 6.01. The molecular formula is C20H25ClN2O3. The summed E-state index contributed by atoms with van der Waals surface area (Å²) in [5.74, 6) is 0.766. The molecule has 0 bridgehead atoms. The van der Waals surface area contributed by atoms with E-state index >= 15 is 0 Å². The molecule has 3 rings (SSSR count). The van der Waals surface area contributed by atoms with E-state index in [9.17, 15) is 4.79 Å². The molecule has 1 fully saturated rings. The van der Waals surface area contributed by atoms with Gasteiger partial charge in [0, 0.05) is 12.1 Å². The maximum Gasteiger partial charge on any atom is 0.239 e. The molecule has 5 nitrogen and oxygen atoms in total. The number of para-hydroxylation sites is 1. The van der Waals surface area contributed by atoms with Crippen molar-refractivity contribution < 1.29 is 14.3 Å². The number of hydrogen-bond acceptors (Lipinski definition) is 4. The standard InChI is InChI=1S/C20H24N2O3.ClH/c1-15-19(21-11-13-24-15)20(23)22-12-14-25-18-10-6-5-9-17(18)16-7-3-2-4-8-16;/h2-10,15,19,21H,11-14H2,1H3,(H,22,23);1H/t15-,19+;/m1./s1. The van der Waals surface area contributed by atoms with Gasteiger partial charge in [-0.2, -0.15) is 0 Å². The molecule has 0 saturated carbocycles. The van der Waals surface area contributed by atoms with Crippen LogP contribution in [0.2, 0.25) is 0 Å². The highest BCUT2D eigenvalue weighted by atomic mass is 35.5. The third-order valence-electron chi connectivity index (χ3n) is 4.23. The number of carbonyl (C=O) groups is 1. The number of amides is 1. The molecular weight excluding hydrogens is 352 g/mol. The summed E-state index contributed by atoms with van der Waals surface area (Å²) >= 11 is 0. The quantitative estimate of drug-likeness (QED) is 0.761. The van der Waals surface area contributed by atoms with Crippen molar-refractivity contribution >= 4 is 18.3 Å². The molecule has 1 aliphatic heterocycles. The van der Waals surface area contributed by atoms with Gasteiger partial charge in [-0.25, -0.2) is 0 Å². The third kappa shape index (κ3) is 5.21. The Hall–Kier alpha value is -2.08. The van der Waals surface area contributed by atoms with Crippen LogP contribution in [0, 0.1) is 0 Å². The fourth-order valence-electron chi connectivity index (χ4n) is 2.92. The Morgan fingerprint density at radius 3 is 2.69 bits per heavy atom. The van der Waals surface area contributed by atoms with Gasteiger partial charge in [0.05, 0.1) is 19.3 Å². The first-order valence-corrected chi connectivity index (χ1v) is 8.65. The van der Waals surface area contributed by atoms with Crippen LogP contribution in [0.5, 0.6) is 5.75 Å². The number of rotatable bonds is 6. The van der Waals surface area contributed by atoms with E-state index in [0.29, 0.717) is 26.3 Å². The molecule has 2 aromatic carbocycles. The van der Waals surface area contributed by atoms with Gasteiger partial charge in [0.15, 0.2) is 0 Å². The van der Waals surface area contributed by atoms with E-state index in [4.69, 9.17) is 9.47 Å². The lowest BCUT2D eigenvalue weighted by atomic mass is 10.1. The van der Waals surface area contributed by atoms with Crippen molar-refractivity contribution in [2.75, 3.05) is 26.3 Å². The Kier molecular flexibility index (Phi) is 7.91. The topological polar surface area (TPSA) is 59.6 Å². The second-order valence-electron chi connectivity index (χ2n) is 6.01. The number of hydrogen-bond donors (Lipinski definition) is 2. The van der Waals surface area contributed by atoms with E-state index in [1.807, 2.05) is 49.4 Å². The molecule has 6 heteroatoms. The molecule has 1 aliphatic rings. The van der Waals surface area contributed by atoms with E-state index in [2.05, 4.69) is 22.8 Å². The molecule has 0 spiro atoms. The van der Waals surface area contributed by atoms with Crippen molar-refractivity contribution in [2.45, 2.75) is 19.1 Å². The average Bonchev–Trinajstić information content (AvgIpc) is 2.66. The number of nitrogens with one attached hydrogen (secondary N) is 2. The molecule has 2 aromatic rings. The molecule has 2 atom stereocenters. The van der Waals surface area contributed by atoms with Crippen molar-refractivity contribution in [1.29, 1.82) is 0 Å². The fourth-order valence-corrected chi connectivity index (χ4v) is 2.92. The first-order valence-electron chi connectivity index (χ1n) is 8.65. The van der Waals surface area contributed by atoms with Crippen molar-refractivity contribution in [3.63, 3.8) is 0 Å². The minimum atomic E-state index is -0.301. The number of carbonyl (C=O) groups excluding carboxylic acids is 1. The van der Waals surface area contributed by atoms with Gasteiger partial charge in [-0.05, 0) is 18.6 Å². The van der Waals surface area contributed by atoms with Gasteiger partial charge in [-0.1, -0.05) is 48.5 Å². The van der Waals surface area contributed by atoms with Gasteiger partial charge in [0.25, 0.3) is 0 Å². The number of morpholine rings is 1. The molecule has 1 saturated heterocycles. The Labute approximate surface area is 160 Å². The van der Waals surface area contributed by atoms with Crippen LogP contribution in [-0.2, 0) is 9.53 Å². The van der Waals surface area contributed by atoms with Gasteiger partial charge in [0.2, 0.25) is 5.91 Å². The van der Waals surface area contributed by atoms with Crippen LogP contribution in [-0.4, -0.2) is 44.4 Å². The van der Waals surface area contributed by atoms with E-state index in [0.717, 1.165) is 16.9 Å². The van der Waals surface area contributed by atoms with Crippen LogP contribution in [0.1, 0.15) is 6.92 Å². The van der Waals surface area contributed by atoms with E-state index < -0.39 is 0 Å². The molecule has 0 unspecified atom stereocenters. The highest BCUT2D eigenvalue weighted by molar-refractivity contribution is 5.85. The normalized spacial score (nSPS) is 19.3. The van der Waals surface area contributed by atoms with Crippen molar-refractivity contribution in [3.05, 3.63) is 54.6 Å². The third-order valence-corrected chi connectivity index (χ3v) is 4.23. The number of ether oxygens (including phenoxy) is 2. The first-order chi connectivity index (χ1) is 12.3. The SMILES string of the molecule is C[C@H]1OCCN[C@@H]1C(=O)NCCOc1ccccc1-c1ccccc1.Cl. The summed E-state index contributed by atoms with van der Waals surface area (Å²) in [6.45, 7) is 4.11. The van der Waals surface area contributed by atoms with Crippen LogP contribution in [0.25, 0.3) is 11.1 Å². The monoisotopic (exact) mass is 376 g/mol. The van der Waals surface area contributed by atoms with Gasteiger partial charge in [0.1, 0.15) is 18.4 Å². The van der Waals surface area contributed by atoms with Crippen LogP contribution < -0.4 is 15.4 Å². The van der Waals surface area contributed by atoms with E-state index in [1.54, 1.807) is 0 Å². The Morgan fingerprint density at radius 2 is 1.92 bits per heavy atom. The molecule has 1 amide bonds. The lowest BCUT2D eigenvalue weighted by molar-refractivity contribution is -0.129. The predicted octanol–water partition coefficient (Wildman–Crippen LogP) is 2.65. The molecule has 26 heavy (non-hydrogen) atoms. The zero-order chi connectivity index (χ0) is 17.5. The van der Waals surface area contributed by atoms with Crippen LogP contribution in [0.3, 0.4) is 0 Å². The number of benzene rings is 2. The Balaban J connectivity index is 0.00000243. The summed E-state index contributed by atoms with van der Waals surface area (Å²) < 4.78 is 11.4. The smallest absolute Gasteiger partial charge is 0.239 e.